The highest BCUT2D eigenvalue weighted by atomic mass is 79.9. The molecule has 1 heterocycles. The predicted molar refractivity (Wildman–Crippen MR) is 78.2 cm³/mol. The molecule has 6 heteroatoms. The van der Waals surface area contributed by atoms with Gasteiger partial charge >= 0.3 is 0 Å². The van der Waals surface area contributed by atoms with Crippen LogP contribution >= 0.6 is 27.7 Å². The fourth-order valence-corrected chi connectivity index (χ4v) is 3.37. The van der Waals surface area contributed by atoms with Crippen molar-refractivity contribution >= 4 is 33.6 Å². The van der Waals surface area contributed by atoms with E-state index >= 15 is 0 Å². The zero-order chi connectivity index (χ0) is 14.0. The summed E-state index contributed by atoms with van der Waals surface area (Å²) in [7, 11) is 0. The van der Waals surface area contributed by atoms with Gasteiger partial charge in [0.1, 0.15) is 0 Å². The third kappa shape index (κ3) is 3.72. The second-order valence-electron chi connectivity index (χ2n) is 4.63. The van der Waals surface area contributed by atoms with Gasteiger partial charge in [-0.1, -0.05) is 15.9 Å². The highest BCUT2D eigenvalue weighted by Crippen LogP contribution is 2.26. The number of halogens is 1. The standard InChI is InChI=1S/C13H16BrNO3S/c1-8-4-9(14)2-3-12(8)19-7-13(18)15-5-10(16)11(17)6-15/h2-4,10-11,16-17H,5-7H2,1H3/t10-,11+. The first kappa shape index (κ1) is 14.8. The van der Waals surface area contributed by atoms with E-state index in [0.717, 1.165) is 14.9 Å². The number of aliphatic hydroxyl groups is 2. The number of aliphatic hydroxyl groups excluding tert-OH is 2. The van der Waals surface area contributed by atoms with E-state index in [9.17, 15) is 15.0 Å². The lowest BCUT2D eigenvalue weighted by atomic mass is 10.2. The Balaban J connectivity index is 1.90. The minimum Gasteiger partial charge on any atom is -0.388 e. The largest absolute Gasteiger partial charge is 0.388 e. The van der Waals surface area contributed by atoms with Crippen LogP contribution in [0.25, 0.3) is 0 Å². The number of carbonyl (C=O) groups is 1. The summed E-state index contributed by atoms with van der Waals surface area (Å²) in [6, 6.07) is 5.93. The summed E-state index contributed by atoms with van der Waals surface area (Å²) in [5.41, 5.74) is 1.12. The van der Waals surface area contributed by atoms with Crippen molar-refractivity contribution in [2.24, 2.45) is 0 Å². The van der Waals surface area contributed by atoms with Crippen molar-refractivity contribution in [1.29, 1.82) is 0 Å². The monoisotopic (exact) mass is 345 g/mol. The van der Waals surface area contributed by atoms with Gasteiger partial charge in [0, 0.05) is 22.5 Å². The number of nitrogens with zero attached hydrogens (tertiary/aromatic N) is 1. The van der Waals surface area contributed by atoms with Crippen molar-refractivity contribution < 1.29 is 15.0 Å². The molecule has 1 fully saturated rings. The Bertz CT molecular complexity index is 473. The first-order valence-corrected chi connectivity index (χ1v) is 7.78. The van der Waals surface area contributed by atoms with Gasteiger partial charge in [-0.25, -0.2) is 0 Å². The molecule has 19 heavy (non-hydrogen) atoms. The van der Waals surface area contributed by atoms with Crippen LogP contribution in [-0.2, 0) is 4.79 Å². The number of carbonyl (C=O) groups excluding carboxylic acids is 1. The van der Waals surface area contributed by atoms with Gasteiger partial charge in [0.2, 0.25) is 5.91 Å². The molecule has 0 unspecified atom stereocenters. The molecule has 0 aliphatic carbocycles. The third-order valence-electron chi connectivity index (χ3n) is 3.10. The highest BCUT2D eigenvalue weighted by molar-refractivity contribution is 9.10. The van der Waals surface area contributed by atoms with Crippen LogP contribution in [0.2, 0.25) is 0 Å². The van der Waals surface area contributed by atoms with Crippen LogP contribution in [0.1, 0.15) is 5.56 Å². The van der Waals surface area contributed by atoms with Crippen molar-refractivity contribution in [2.75, 3.05) is 18.8 Å². The van der Waals surface area contributed by atoms with Crippen molar-refractivity contribution in [3.8, 4) is 0 Å². The number of hydrogen-bond donors (Lipinski definition) is 2. The summed E-state index contributed by atoms with van der Waals surface area (Å²) in [5, 5.41) is 18.8. The Morgan fingerprint density at radius 1 is 1.42 bits per heavy atom. The molecule has 0 aromatic heterocycles. The molecule has 0 bridgehead atoms. The summed E-state index contributed by atoms with van der Waals surface area (Å²) >= 11 is 4.88. The lowest BCUT2D eigenvalue weighted by Gasteiger charge is -2.15. The summed E-state index contributed by atoms with van der Waals surface area (Å²) in [5.74, 6) is 0.268. The topological polar surface area (TPSA) is 60.8 Å². The Morgan fingerprint density at radius 3 is 2.63 bits per heavy atom. The van der Waals surface area contributed by atoms with Gasteiger partial charge < -0.3 is 15.1 Å². The van der Waals surface area contributed by atoms with Gasteiger partial charge in [0.15, 0.2) is 0 Å². The quantitative estimate of drug-likeness (QED) is 0.813. The SMILES string of the molecule is Cc1cc(Br)ccc1SCC(=O)N1C[C@@H](O)[C@@H](O)C1. The van der Waals surface area contributed by atoms with Crippen molar-refractivity contribution in [2.45, 2.75) is 24.0 Å². The smallest absolute Gasteiger partial charge is 0.233 e. The van der Waals surface area contributed by atoms with Crippen LogP contribution in [0.15, 0.2) is 27.6 Å². The molecular weight excluding hydrogens is 330 g/mol. The Morgan fingerprint density at radius 2 is 2.05 bits per heavy atom. The average molecular weight is 346 g/mol. The Hall–Kier alpha value is -0.560. The first-order chi connectivity index (χ1) is 8.97. The fraction of sp³-hybridized carbons (Fsp3) is 0.462. The number of β-amino-alcohol motifs (C(OH)–C–C–N with tert-alkyl or cyclic N) is 2. The maximum absolute atomic E-state index is 12.0. The second-order valence-corrected chi connectivity index (χ2v) is 6.56. The fourth-order valence-electron chi connectivity index (χ4n) is 1.98. The molecule has 2 atom stereocenters. The maximum Gasteiger partial charge on any atom is 0.233 e. The number of amides is 1. The van der Waals surface area contributed by atoms with E-state index in [0.29, 0.717) is 5.75 Å². The molecule has 0 spiro atoms. The molecule has 2 N–H and O–H groups in total. The second kappa shape index (κ2) is 6.26. The van der Waals surface area contributed by atoms with Crippen LogP contribution in [0, 0.1) is 6.92 Å². The van der Waals surface area contributed by atoms with Gasteiger partial charge in [-0.15, -0.1) is 11.8 Å². The number of hydrogen-bond acceptors (Lipinski definition) is 4. The molecule has 1 aliphatic rings. The number of likely N-dealkylation sites (tertiary alicyclic amines) is 1. The normalized spacial score (nSPS) is 22.8. The Kier molecular flexibility index (Phi) is 4.89. The molecule has 1 aromatic carbocycles. The first-order valence-electron chi connectivity index (χ1n) is 6.00. The van der Waals surface area contributed by atoms with Crippen LogP contribution in [0.4, 0.5) is 0 Å². The number of thioether (sulfide) groups is 1. The van der Waals surface area contributed by atoms with Gasteiger partial charge in [-0.3, -0.25) is 4.79 Å². The van der Waals surface area contributed by atoms with Crippen LogP contribution in [-0.4, -0.2) is 52.1 Å². The molecule has 2 rings (SSSR count). The third-order valence-corrected chi connectivity index (χ3v) is 4.75. The predicted octanol–water partition coefficient (Wildman–Crippen LogP) is 1.41. The van der Waals surface area contributed by atoms with E-state index in [1.54, 1.807) is 0 Å². The maximum atomic E-state index is 12.0. The highest BCUT2D eigenvalue weighted by Gasteiger charge is 2.32. The van der Waals surface area contributed by atoms with Crippen molar-refractivity contribution in [3.63, 3.8) is 0 Å². The number of rotatable bonds is 3. The zero-order valence-corrected chi connectivity index (χ0v) is 12.9. The van der Waals surface area contributed by atoms with Gasteiger partial charge in [0.05, 0.1) is 18.0 Å². The molecule has 0 saturated carbocycles. The van der Waals surface area contributed by atoms with Gasteiger partial charge in [-0.05, 0) is 30.7 Å². The summed E-state index contributed by atoms with van der Waals surface area (Å²) < 4.78 is 1.02. The number of aryl methyl sites for hydroxylation is 1. The van der Waals surface area contributed by atoms with Gasteiger partial charge in [-0.2, -0.15) is 0 Å². The zero-order valence-electron chi connectivity index (χ0n) is 10.5. The average Bonchev–Trinajstić information content (AvgIpc) is 2.68. The van der Waals surface area contributed by atoms with E-state index in [2.05, 4.69) is 15.9 Å². The number of benzene rings is 1. The summed E-state index contributed by atoms with van der Waals surface area (Å²) in [4.78, 5) is 14.5. The molecule has 1 saturated heterocycles. The lowest BCUT2D eigenvalue weighted by molar-refractivity contribution is -0.127. The van der Waals surface area contributed by atoms with Crippen LogP contribution < -0.4 is 0 Å². The molecule has 4 nitrogen and oxygen atoms in total. The van der Waals surface area contributed by atoms with E-state index < -0.39 is 12.2 Å². The summed E-state index contributed by atoms with van der Waals surface area (Å²) in [6.45, 7) is 2.45. The Labute approximate surface area is 124 Å². The molecule has 1 amide bonds. The van der Waals surface area contributed by atoms with E-state index in [-0.39, 0.29) is 19.0 Å². The molecule has 0 radical (unpaired) electrons. The molecule has 1 aliphatic heterocycles. The van der Waals surface area contributed by atoms with E-state index in [1.165, 1.54) is 16.7 Å². The van der Waals surface area contributed by atoms with E-state index in [4.69, 9.17) is 0 Å². The lowest BCUT2D eigenvalue weighted by Crippen LogP contribution is -2.31. The van der Waals surface area contributed by atoms with Crippen LogP contribution in [0.5, 0.6) is 0 Å². The van der Waals surface area contributed by atoms with Gasteiger partial charge in [0.25, 0.3) is 0 Å². The molecule has 104 valence electrons. The van der Waals surface area contributed by atoms with Crippen molar-refractivity contribution in [1.82, 2.24) is 4.90 Å². The molecule has 1 aromatic rings. The van der Waals surface area contributed by atoms with Crippen LogP contribution in [0.3, 0.4) is 0 Å². The molecular formula is C13H16BrNO3S. The summed E-state index contributed by atoms with van der Waals surface area (Å²) in [6.07, 6.45) is -1.63. The minimum absolute atomic E-state index is 0.0529. The van der Waals surface area contributed by atoms with E-state index in [1.807, 2.05) is 25.1 Å². The van der Waals surface area contributed by atoms with Crippen molar-refractivity contribution in [3.05, 3.63) is 28.2 Å². The minimum atomic E-state index is -0.816.